The molecule has 2 rings (SSSR count). The van der Waals surface area contributed by atoms with Crippen LogP contribution in [-0.4, -0.2) is 25.0 Å². The number of hydrogen-bond acceptors (Lipinski definition) is 3. The third-order valence-corrected chi connectivity index (χ3v) is 3.80. The lowest BCUT2D eigenvalue weighted by atomic mass is 10.1. The largest absolute Gasteiger partial charge is 0.467 e. The van der Waals surface area contributed by atoms with Gasteiger partial charge in [0.15, 0.2) is 0 Å². The van der Waals surface area contributed by atoms with Gasteiger partial charge in [0, 0.05) is 22.5 Å². The summed E-state index contributed by atoms with van der Waals surface area (Å²) in [7, 11) is 1.20. The third kappa shape index (κ3) is 4.86. The average molecular weight is 398 g/mol. The molecule has 1 N–H and O–H groups in total. The van der Waals surface area contributed by atoms with Gasteiger partial charge in [0.2, 0.25) is 0 Å². The molecule has 0 aliphatic rings. The predicted octanol–water partition coefficient (Wildman–Crippen LogP) is 3.24. The third-order valence-electron chi connectivity index (χ3n) is 3.27. The molecule has 2 aromatic carbocycles. The Hall–Kier alpha value is -2.28. The second-order valence-corrected chi connectivity index (χ2v) is 5.95. The Bertz CT molecular complexity index is 730. The standard InChI is InChI=1S/C17H14BrF2NO3/c1-24-17(23)15(6-10-2-4-12(18)5-3-10)21-16(22)11-7-13(19)9-14(20)8-11/h2-5,7-9,15H,6H2,1H3,(H,21,22)/t15-/m0/s1. The summed E-state index contributed by atoms with van der Waals surface area (Å²) in [6.45, 7) is 0. The number of esters is 1. The van der Waals surface area contributed by atoms with Crippen molar-refractivity contribution in [2.75, 3.05) is 7.11 Å². The van der Waals surface area contributed by atoms with E-state index >= 15 is 0 Å². The quantitative estimate of drug-likeness (QED) is 0.787. The van der Waals surface area contributed by atoms with E-state index in [9.17, 15) is 18.4 Å². The van der Waals surface area contributed by atoms with E-state index in [1.54, 1.807) is 24.3 Å². The van der Waals surface area contributed by atoms with Crippen LogP contribution >= 0.6 is 15.9 Å². The molecule has 0 radical (unpaired) electrons. The summed E-state index contributed by atoms with van der Waals surface area (Å²) in [5.41, 5.74) is 0.580. The molecule has 0 aliphatic heterocycles. The summed E-state index contributed by atoms with van der Waals surface area (Å²) in [5, 5.41) is 2.44. The van der Waals surface area contributed by atoms with E-state index in [0.29, 0.717) is 6.07 Å². The fraction of sp³-hybridized carbons (Fsp3) is 0.176. The molecular weight excluding hydrogens is 384 g/mol. The Kier molecular flexibility index (Phi) is 6.03. The van der Waals surface area contributed by atoms with E-state index in [0.717, 1.165) is 22.2 Å². The summed E-state index contributed by atoms with van der Waals surface area (Å²) in [4.78, 5) is 24.1. The van der Waals surface area contributed by atoms with E-state index < -0.39 is 29.6 Å². The molecular formula is C17H14BrF2NO3. The first kappa shape index (κ1) is 18.1. The van der Waals surface area contributed by atoms with Crippen LogP contribution in [0.15, 0.2) is 46.9 Å². The van der Waals surface area contributed by atoms with Crippen LogP contribution in [0.1, 0.15) is 15.9 Å². The molecule has 7 heteroatoms. The maximum absolute atomic E-state index is 13.2. The number of hydrogen-bond donors (Lipinski definition) is 1. The second-order valence-electron chi connectivity index (χ2n) is 5.04. The van der Waals surface area contributed by atoms with E-state index in [-0.39, 0.29) is 12.0 Å². The Morgan fingerprint density at radius 1 is 1.12 bits per heavy atom. The highest BCUT2D eigenvalue weighted by Gasteiger charge is 2.23. The van der Waals surface area contributed by atoms with Gasteiger partial charge in [0.1, 0.15) is 17.7 Å². The van der Waals surface area contributed by atoms with Crippen molar-refractivity contribution >= 4 is 27.8 Å². The SMILES string of the molecule is COC(=O)[C@H](Cc1ccc(Br)cc1)NC(=O)c1cc(F)cc(F)c1. The molecule has 0 bridgehead atoms. The number of carbonyl (C=O) groups excluding carboxylic acids is 2. The first-order chi connectivity index (χ1) is 11.4. The maximum Gasteiger partial charge on any atom is 0.328 e. The van der Waals surface area contributed by atoms with Crippen molar-refractivity contribution in [2.45, 2.75) is 12.5 Å². The number of rotatable bonds is 5. The van der Waals surface area contributed by atoms with Gasteiger partial charge >= 0.3 is 5.97 Å². The number of halogens is 3. The van der Waals surface area contributed by atoms with Crippen LogP contribution in [0.4, 0.5) is 8.78 Å². The van der Waals surface area contributed by atoms with E-state index in [1.807, 2.05) is 0 Å². The maximum atomic E-state index is 13.2. The van der Waals surface area contributed by atoms with E-state index in [2.05, 4.69) is 26.0 Å². The lowest BCUT2D eigenvalue weighted by Crippen LogP contribution is -2.43. The van der Waals surface area contributed by atoms with Crippen molar-refractivity contribution in [3.8, 4) is 0 Å². The van der Waals surface area contributed by atoms with Crippen molar-refractivity contribution in [1.82, 2.24) is 5.32 Å². The highest BCUT2D eigenvalue weighted by molar-refractivity contribution is 9.10. The molecule has 1 atom stereocenters. The van der Waals surface area contributed by atoms with Crippen molar-refractivity contribution in [3.05, 3.63) is 69.7 Å². The van der Waals surface area contributed by atoms with Gasteiger partial charge in [-0.25, -0.2) is 13.6 Å². The van der Waals surface area contributed by atoms with Crippen LogP contribution in [0, 0.1) is 11.6 Å². The number of ether oxygens (including phenoxy) is 1. The number of amides is 1. The van der Waals surface area contributed by atoms with Crippen LogP contribution in [0.3, 0.4) is 0 Å². The highest BCUT2D eigenvalue weighted by atomic mass is 79.9. The molecule has 0 unspecified atom stereocenters. The van der Waals surface area contributed by atoms with Gasteiger partial charge in [-0.05, 0) is 29.8 Å². The Balaban J connectivity index is 2.17. The topological polar surface area (TPSA) is 55.4 Å². The number of methoxy groups -OCH3 is 1. The molecule has 0 saturated carbocycles. The van der Waals surface area contributed by atoms with Crippen molar-refractivity contribution in [3.63, 3.8) is 0 Å². The predicted molar refractivity (Wildman–Crippen MR) is 87.5 cm³/mol. The van der Waals surface area contributed by atoms with Crippen molar-refractivity contribution in [2.24, 2.45) is 0 Å². The molecule has 0 aromatic heterocycles. The lowest BCUT2D eigenvalue weighted by Gasteiger charge is -2.17. The molecule has 126 valence electrons. The van der Waals surface area contributed by atoms with Crippen LogP contribution in [-0.2, 0) is 16.0 Å². The second kappa shape index (κ2) is 8.01. The molecule has 2 aromatic rings. The summed E-state index contributed by atoms with van der Waals surface area (Å²) in [6, 6.07) is 8.65. The first-order valence-electron chi connectivity index (χ1n) is 6.98. The molecule has 0 fully saturated rings. The van der Waals surface area contributed by atoms with E-state index in [1.165, 1.54) is 7.11 Å². The molecule has 0 aliphatic carbocycles. The summed E-state index contributed by atoms with van der Waals surface area (Å²) in [5.74, 6) is -3.16. The van der Waals surface area contributed by atoms with Crippen LogP contribution in [0.25, 0.3) is 0 Å². The van der Waals surface area contributed by atoms with Crippen LogP contribution in [0.2, 0.25) is 0 Å². The molecule has 0 spiro atoms. The highest BCUT2D eigenvalue weighted by Crippen LogP contribution is 2.13. The fourth-order valence-electron chi connectivity index (χ4n) is 2.12. The minimum atomic E-state index is -0.977. The normalized spacial score (nSPS) is 11.7. The zero-order valence-electron chi connectivity index (χ0n) is 12.7. The monoisotopic (exact) mass is 397 g/mol. The molecule has 0 heterocycles. The van der Waals surface area contributed by atoms with Gasteiger partial charge in [-0.3, -0.25) is 4.79 Å². The van der Waals surface area contributed by atoms with Crippen LogP contribution < -0.4 is 5.32 Å². The summed E-state index contributed by atoms with van der Waals surface area (Å²) >= 11 is 3.31. The Labute approximate surface area is 145 Å². The van der Waals surface area contributed by atoms with Gasteiger partial charge in [0.05, 0.1) is 7.11 Å². The number of carbonyl (C=O) groups is 2. The smallest absolute Gasteiger partial charge is 0.328 e. The van der Waals surface area contributed by atoms with Gasteiger partial charge in [-0.1, -0.05) is 28.1 Å². The zero-order chi connectivity index (χ0) is 17.7. The van der Waals surface area contributed by atoms with Gasteiger partial charge in [0.25, 0.3) is 5.91 Å². The first-order valence-corrected chi connectivity index (χ1v) is 7.77. The van der Waals surface area contributed by atoms with Gasteiger partial charge in [-0.2, -0.15) is 0 Å². The van der Waals surface area contributed by atoms with E-state index in [4.69, 9.17) is 0 Å². The number of benzene rings is 2. The molecule has 24 heavy (non-hydrogen) atoms. The molecule has 1 amide bonds. The van der Waals surface area contributed by atoms with Crippen LogP contribution in [0.5, 0.6) is 0 Å². The van der Waals surface area contributed by atoms with Gasteiger partial charge < -0.3 is 10.1 Å². The summed E-state index contributed by atoms with van der Waals surface area (Å²) in [6.07, 6.45) is 0.184. The van der Waals surface area contributed by atoms with Crippen molar-refractivity contribution < 1.29 is 23.1 Å². The van der Waals surface area contributed by atoms with Gasteiger partial charge in [-0.15, -0.1) is 0 Å². The summed E-state index contributed by atoms with van der Waals surface area (Å²) < 4.78 is 32.0. The number of nitrogens with one attached hydrogen (secondary N) is 1. The van der Waals surface area contributed by atoms with Crippen molar-refractivity contribution in [1.29, 1.82) is 0 Å². The molecule has 4 nitrogen and oxygen atoms in total. The minimum Gasteiger partial charge on any atom is -0.467 e. The minimum absolute atomic E-state index is 0.184. The molecule has 0 saturated heterocycles. The fourth-order valence-corrected chi connectivity index (χ4v) is 2.38. The average Bonchev–Trinajstić information content (AvgIpc) is 2.54. The lowest BCUT2D eigenvalue weighted by molar-refractivity contribution is -0.142. The zero-order valence-corrected chi connectivity index (χ0v) is 14.3. The Morgan fingerprint density at radius 2 is 1.71 bits per heavy atom. The Morgan fingerprint density at radius 3 is 2.25 bits per heavy atom.